The lowest BCUT2D eigenvalue weighted by Crippen LogP contribution is -2.05. The topological polar surface area (TPSA) is 29.5 Å². The molecule has 0 aromatic heterocycles. The number of aliphatic hydroxyl groups excluding tert-OH is 1. The van der Waals surface area contributed by atoms with Gasteiger partial charge >= 0.3 is 0 Å². The zero-order valence-corrected chi connectivity index (χ0v) is 12.8. The molecule has 2 rings (SSSR count). The summed E-state index contributed by atoms with van der Waals surface area (Å²) >= 11 is 0. The molecule has 2 aromatic carbocycles. The molecule has 0 saturated carbocycles. The quantitative estimate of drug-likeness (QED) is 0.809. The second kappa shape index (κ2) is 7.84. The Balaban J connectivity index is 1.81. The third-order valence-electron chi connectivity index (χ3n) is 3.42. The van der Waals surface area contributed by atoms with Crippen molar-refractivity contribution >= 4 is 0 Å². The van der Waals surface area contributed by atoms with Crippen molar-refractivity contribution in [3.8, 4) is 5.75 Å². The van der Waals surface area contributed by atoms with Crippen LogP contribution >= 0.6 is 0 Å². The molecule has 112 valence electrons. The molecular weight excluding hydrogens is 260 g/mol. The van der Waals surface area contributed by atoms with E-state index in [2.05, 4.69) is 24.3 Å². The summed E-state index contributed by atoms with van der Waals surface area (Å²) in [5.74, 6) is 0.852. The number of rotatable bonds is 7. The van der Waals surface area contributed by atoms with E-state index in [0.717, 1.165) is 30.6 Å². The molecule has 0 saturated heterocycles. The Labute approximate surface area is 127 Å². The molecule has 1 N–H and O–H groups in total. The minimum atomic E-state index is -0.401. The van der Waals surface area contributed by atoms with Gasteiger partial charge < -0.3 is 9.84 Å². The summed E-state index contributed by atoms with van der Waals surface area (Å²) < 4.78 is 5.61. The first-order chi connectivity index (χ1) is 10.1. The van der Waals surface area contributed by atoms with Gasteiger partial charge in [0.05, 0.1) is 12.2 Å². The van der Waals surface area contributed by atoms with Gasteiger partial charge in [-0.15, -0.1) is 0 Å². The molecule has 0 aliphatic carbocycles. The average molecular weight is 284 g/mol. The van der Waals surface area contributed by atoms with Gasteiger partial charge in [-0.2, -0.15) is 0 Å². The summed E-state index contributed by atoms with van der Waals surface area (Å²) in [5, 5.41) is 10.2. The number of hydrogen-bond donors (Lipinski definition) is 1. The van der Waals surface area contributed by atoms with Crippen LogP contribution in [-0.4, -0.2) is 11.2 Å². The van der Waals surface area contributed by atoms with Gasteiger partial charge in [-0.05, 0) is 56.4 Å². The van der Waals surface area contributed by atoms with Gasteiger partial charge in [0, 0.05) is 0 Å². The fourth-order valence-electron chi connectivity index (χ4n) is 2.35. The number of hydrogen-bond acceptors (Lipinski definition) is 2. The van der Waals surface area contributed by atoms with Crippen LogP contribution in [0.2, 0.25) is 0 Å². The molecule has 0 fully saturated rings. The van der Waals surface area contributed by atoms with Crippen molar-refractivity contribution in [1.82, 2.24) is 0 Å². The standard InChI is InChI=1S/C19H24O2/c1-15(2)21-18-13-11-17(12-14-18)19(20)10-6-9-16-7-4-3-5-8-16/h3-5,7-8,11-15,19-20H,6,9-10H2,1-2H3. The molecule has 2 heteroatoms. The molecule has 0 spiro atoms. The largest absolute Gasteiger partial charge is 0.491 e. The summed E-state index contributed by atoms with van der Waals surface area (Å²) in [7, 11) is 0. The molecule has 0 aliphatic heterocycles. The van der Waals surface area contributed by atoms with Crippen LogP contribution in [0.15, 0.2) is 54.6 Å². The minimum Gasteiger partial charge on any atom is -0.491 e. The van der Waals surface area contributed by atoms with Crippen molar-refractivity contribution in [3.63, 3.8) is 0 Å². The van der Waals surface area contributed by atoms with E-state index in [4.69, 9.17) is 4.74 Å². The fourth-order valence-corrected chi connectivity index (χ4v) is 2.35. The normalized spacial score (nSPS) is 12.4. The van der Waals surface area contributed by atoms with Crippen LogP contribution < -0.4 is 4.74 Å². The maximum atomic E-state index is 10.2. The zero-order chi connectivity index (χ0) is 15.1. The van der Waals surface area contributed by atoms with Gasteiger partial charge in [0.1, 0.15) is 5.75 Å². The van der Waals surface area contributed by atoms with Crippen molar-refractivity contribution in [1.29, 1.82) is 0 Å². The Kier molecular flexibility index (Phi) is 5.82. The predicted octanol–water partition coefficient (Wildman–Crippen LogP) is 4.53. The highest BCUT2D eigenvalue weighted by Gasteiger charge is 2.08. The van der Waals surface area contributed by atoms with Crippen LogP contribution in [0.1, 0.15) is 43.9 Å². The summed E-state index contributed by atoms with van der Waals surface area (Å²) in [6.45, 7) is 4.01. The minimum absolute atomic E-state index is 0.173. The zero-order valence-electron chi connectivity index (χ0n) is 12.8. The molecule has 0 aliphatic rings. The highest BCUT2D eigenvalue weighted by atomic mass is 16.5. The number of ether oxygens (including phenoxy) is 1. The maximum Gasteiger partial charge on any atom is 0.119 e. The van der Waals surface area contributed by atoms with Crippen LogP contribution in [0.3, 0.4) is 0 Å². The van der Waals surface area contributed by atoms with E-state index in [9.17, 15) is 5.11 Å². The van der Waals surface area contributed by atoms with Gasteiger partial charge in [-0.1, -0.05) is 42.5 Å². The smallest absolute Gasteiger partial charge is 0.119 e. The van der Waals surface area contributed by atoms with E-state index in [-0.39, 0.29) is 6.10 Å². The van der Waals surface area contributed by atoms with Gasteiger partial charge in [-0.3, -0.25) is 0 Å². The van der Waals surface area contributed by atoms with Crippen molar-refractivity contribution in [2.45, 2.75) is 45.3 Å². The number of benzene rings is 2. The Morgan fingerprint density at radius 2 is 1.62 bits per heavy atom. The van der Waals surface area contributed by atoms with Gasteiger partial charge in [-0.25, -0.2) is 0 Å². The lowest BCUT2D eigenvalue weighted by Gasteiger charge is -2.13. The first kappa shape index (κ1) is 15.6. The Bertz CT molecular complexity index is 517. The summed E-state index contributed by atoms with van der Waals surface area (Å²) in [4.78, 5) is 0. The van der Waals surface area contributed by atoms with Crippen molar-refractivity contribution in [2.75, 3.05) is 0 Å². The maximum absolute atomic E-state index is 10.2. The van der Waals surface area contributed by atoms with Gasteiger partial charge in [0.2, 0.25) is 0 Å². The van der Waals surface area contributed by atoms with Crippen molar-refractivity contribution in [3.05, 3.63) is 65.7 Å². The molecule has 0 heterocycles. The van der Waals surface area contributed by atoms with Gasteiger partial charge in [0.15, 0.2) is 0 Å². The summed E-state index contributed by atoms with van der Waals surface area (Å²) in [5.41, 5.74) is 2.28. The SMILES string of the molecule is CC(C)Oc1ccc(C(O)CCCc2ccccc2)cc1. The van der Waals surface area contributed by atoms with Crippen molar-refractivity contribution < 1.29 is 9.84 Å². The highest BCUT2D eigenvalue weighted by Crippen LogP contribution is 2.22. The second-order valence-electron chi connectivity index (χ2n) is 5.63. The van der Waals surface area contributed by atoms with E-state index in [1.807, 2.05) is 44.2 Å². The molecule has 2 aromatic rings. The third kappa shape index (κ3) is 5.24. The predicted molar refractivity (Wildman–Crippen MR) is 86.5 cm³/mol. The van der Waals surface area contributed by atoms with Crippen LogP contribution in [0.25, 0.3) is 0 Å². The molecule has 1 atom stereocenters. The van der Waals surface area contributed by atoms with Crippen LogP contribution in [0, 0.1) is 0 Å². The van der Waals surface area contributed by atoms with E-state index < -0.39 is 6.10 Å². The second-order valence-corrected chi connectivity index (χ2v) is 5.63. The Hall–Kier alpha value is -1.80. The molecule has 21 heavy (non-hydrogen) atoms. The first-order valence-electron chi connectivity index (χ1n) is 7.64. The first-order valence-corrected chi connectivity index (χ1v) is 7.64. The van der Waals surface area contributed by atoms with Crippen LogP contribution in [0.5, 0.6) is 5.75 Å². The molecule has 1 unspecified atom stereocenters. The van der Waals surface area contributed by atoms with Crippen molar-refractivity contribution in [2.24, 2.45) is 0 Å². The van der Waals surface area contributed by atoms with E-state index in [0.29, 0.717) is 0 Å². The van der Waals surface area contributed by atoms with Crippen LogP contribution in [0.4, 0.5) is 0 Å². The third-order valence-corrected chi connectivity index (χ3v) is 3.42. The molecular formula is C19H24O2. The average Bonchev–Trinajstić information content (AvgIpc) is 2.48. The molecule has 0 radical (unpaired) electrons. The van der Waals surface area contributed by atoms with E-state index in [1.54, 1.807) is 0 Å². The van der Waals surface area contributed by atoms with Crippen LogP contribution in [-0.2, 0) is 6.42 Å². The van der Waals surface area contributed by atoms with E-state index in [1.165, 1.54) is 5.56 Å². The summed E-state index contributed by atoms with van der Waals surface area (Å²) in [6.07, 6.45) is 2.54. The molecule has 0 amide bonds. The molecule has 2 nitrogen and oxygen atoms in total. The number of aliphatic hydroxyl groups is 1. The summed E-state index contributed by atoms with van der Waals surface area (Å²) in [6, 6.07) is 18.1. The fraction of sp³-hybridized carbons (Fsp3) is 0.368. The Morgan fingerprint density at radius 3 is 2.24 bits per heavy atom. The lowest BCUT2D eigenvalue weighted by atomic mass is 10.0. The number of aryl methyl sites for hydroxylation is 1. The highest BCUT2D eigenvalue weighted by molar-refractivity contribution is 5.28. The Morgan fingerprint density at radius 1 is 0.952 bits per heavy atom. The van der Waals surface area contributed by atoms with E-state index >= 15 is 0 Å². The lowest BCUT2D eigenvalue weighted by molar-refractivity contribution is 0.164. The van der Waals surface area contributed by atoms with Gasteiger partial charge in [0.25, 0.3) is 0 Å². The monoisotopic (exact) mass is 284 g/mol. The molecule has 0 bridgehead atoms.